The molecule has 2 unspecified atom stereocenters. The second kappa shape index (κ2) is 6.15. The third kappa shape index (κ3) is 3.35. The van der Waals surface area contributed by atoms with Crippen molar-refractivity contribution >= 4 is 17.5 Å². The third-order valence-corrected chi connectivity index (χ3v) is 6.89. The molecular formula is C20H23ClF3NO. The van der Waals surface area contributed by atoms with Gasteiger partial charge in [0.15, 0.2) is 0 Å². The largest absolute Gasteiger partial charge is 0.416 e. The van der Waals surface area contributed by atoms with Gasteiger partial charge in [-0.1, -0.05) is 12.1 Å². The Morgan fingerprint density at radius 2 is 1.73 bits per heavy atom. The molecule has 0 aliphatic heterocycles. The molecule has 0 spiro atoms. The molecule has 4 fully saturated rings. The fourth-order valence-electron chi connectivity index (χ4n) is 5.78. The van der Waals surface area contributed by atoms with Crippen LogP contribution in [0.3, 0.4) is 0 Å². The number of nitrogens with one attached hydrogen (secondary N) is 1. The third-order valence-electron chi connectivity index (χ3n) is 6.45. The van der Waals surface area contributed by atoms with Gasteiger partial charge in [-0.25, -0.2) is 0 Å². The van der Waals surface area contributed by atoms with Gasteiger partial charge in [-0.05, 0) is 74.5 Å². The quantitative estimate of drug-likeness (QED) is 0.730. The van der Waals surface area contributed by atoms with Gasteiger partial charge < -0.3 is 5.32 Å². The Bertz CT molecular complexity index is 686. The highest BCUT2D eigenvalue weighted by Crippen LogP contribution is 2.63. The number of amides is 1. The minimum absolute atomic E-state index is 0.0866. The Hall–Kier alpha value is -1.23. The predicted molar refractivity (Wildman–Crippen MR) is 93.9 cm³/mol. The van der Waals surface area contributed by atoms with Crippen molar-refractivity contribution in [2.24, 2.45) is 17.3 Å². The van der Waals surface area contributed by atoms with Crippen LogP contribution in [0.4, 0.5) is 13.2 Å². The van der Waals surface area contributed by atoms with Gasteiger partial charge in [-0.15, -0.1) is 11.6 Å². The second-order valence-corrected chi connectivity index (χ2v) is 9.39. The Morgan fingerprint density at radius 1 is 1.12 bits per heavy atom. The van der Waals surface area contributed by atoms with Crippen LogP contribution in [0.15, 0.2) is 24.3 Å². The Morgan fingerprint density at radius 3 is 2.27 bits per heavy atom. The molecule has 142 valence electrons. The first kappa shape index (κ1) is 18.1. The van der Waals surface area contributed by atoms with E-state index in [1.165, 1.54) is 18.6 Å². The molecule has 4 bridgehead atoms. The normalized spacial score (nSPS) is 35.5. The molecule has 6 heteroatoms. The number of alkyl halides is 4. The van der Waals surface area contributed by atoms with E-state index < -0.39 is 11.7 Å². The molecule has 0 aromatic heterocycles. The van der Waals surface area contributed by atoms with Crippen molar-refractivity contribution in [2.45, 2.75) is 56.0 Å². The zero-order chi connectivity index (χ0) is 18.6. The lowest BCUT2D eigenvalue weighted by Gasteiger charge is -2.59. The van der Waals surface area contributed by atoms with E-state index in [2.05, 4.69) is 5.32 Å². The highest BCUT2D eigenvalue weighted by Gasteiger charge is 2.59. The van der Waals surface area contributed by atoms with E-state index in [9.17, 15) is 18.0 Å². The van der Waals surface area contributed by atoms with Crippen LogP contribution in [-0.2, 0) is 17.4 Å². The fraction of sp³-hybridized carbons (Fsp3) is 0.650. The number of carbonyl (C=O) groups is 1. The molecule has 1 aromatic rings. The summed E-state index contributed by atoms with van der Waals surface area (Å²) in [6.07, 6.45) is 2.11. The average molecular weight is 386 g/mol. The molecule has 26 heavy (non-hydrogen) atoms. The second-order valence-electron chi connectivity index (χ2n) is 8.59. The lowest BCUT2D eigenvalue weighted by Crippen LogP contribution is -2.58. The number of carbonyl (C=O) groups excluding carboxylic acids is 1. The number of hydrogen-bond acceptors (Lipinski definition) is 1. The molecule has 1 amide bonds. The molecule has 0 heterocycles. The SMILES string of the molecule is O=C(NCCc1ccc(C(F)(F)F)cc1)C12CC3CC(CC(Cl)(C3)C1)C2. The van der Waals surface area contributed by atoms with Crippen molar-refractivity contribution in [1.29, 1.82) is 0 Å². The van der Waals surface area contributed by atoms with Crippen LogP contribution in [0.1, 0.15) is 49.7 Å². The molecular weight excluding hydrogens is 363 g/mol. The van der Waals surface area contributed by atoms with Gasteiger partial charge in [0, 0.05) is 11.4 Å². The van der Waals surface area contributed by atoms with Crippen molar-refractivity contribution < 1.29 is 18.0 Å². The summed E-state index contributed by atoms with van der Waals surface area (Å²) >= 11 is 6.77. The Balaban J connectivity index is 1.35. The summed E-state index contributed by atoms with van der Waals surface area (Å²) in [4.78, 5) is 12.7. The highest BCUT2D eigenvalue weighted by molar-refractivity contribution is 6.24. The van der Waals surface area contributed by atoms with Crippen LogP contribution in [-0.4, -0.2) is 17.3 Å². The minimum atomic E-state index is -4.32. The van der Waals surface area contributed by atoms with Crippen molar-refractivity contribution in [3.8, 4) is 0 Å². The van der Waals surface area contributed by atoms with Crippen molar-refractivity contribution in [1.82, 2.24) is 5.32 Å². The smallest absolute Gasteiger partial charge is 0.355 e. The summed E-state index contributed by atoms with van der Waals surface area (Å²) in [5.41, 5.74) is -0.185. The molecule has 4 aliphatic rings. The van der Waals surface area contributed by atoms with E-state index in [-0.39, 0.29) is 16.2 Å². The summed E-state index contributed by atoms with van der Waals surface area (Å²) in [6, 6.07) is 5.14. The first-order valence-electron chi connectivity index (χ1n) is 9.31. The topological polar surface area (TPSA) is 29.1 Å². The van der Waals surface area contributed by atoms with Gasteiger partial charge in [-0.2, -0.15) is 13.2 Å². The zero-order valence-corrected chi connectivity index (χ0v) is 15.3. The maximum absolute atomic E-state index is 12.9. The number of benzene rings is 1. The first-order chi connectivity index (χ1) is 12.2. The van der Waals surface area contributed by atoms with E-state index in [1.807, 2.05) is 0 Å². The van der Waals surface area contributed by atoms with Crippen molar-refractivity contribution in [2.75, 3.05) is 6.54 Å². The predicted octanol–water partition coefficient (Wildman–Crippen LogP) is 4.94. The lowest BCUT2D eigenvalue weighted by molar-refractivity contribution is -0.144. The van der Waals surface area contributed by atoms with E-state index in [0.29, 0.717) is 24.8 Å². The maximum Gasteiger partial charge on any atom is 0.416 e. The molecule has 2 atom stereocenters. The van der Waals surface area contributed by atoms with Gasteiger partial charge in [0.1, 0.15) is 0 Å². The van der Waals surface area contributed by atoms with E-state index in [0.717, 1.165) is 49.8 Å². The molecule has 0 radical (unpaired) electrons. The molecule has 1 N–H and O–H groups in total. The molecule has 5 rings (SSSR count). The molecule has 4 aliphatic carbocycles. The van der Waals surface area contributed by atoms with Crippen LogP contribution in [0, 0.1) is 17.3 Å². The standard InChI is InChI=1S/C20H23ClF3NO/c21-19-10-14-7-15(11-19)9-18(8-14,12-19)17(26)25-6-5-13-1-3-16(4-2-13)20(22,23)24/h1-4,14-15H,5-12H2,(H,25,26). The number of halogens is 4. The minimum Gasteiger partial charge on any atom is -0.355 e. The maximum atomic E-state index is 12.9. The van der Waals surface area contributed by atoms with E-state index in [4.69, 9.17) is 11.6 Å². The first-order valence-corrected chi connectivity index (χ1v) is 9.69. The van der Waals surface area contributed by atoms with E-state index >= 15 is 0 Å². The van der Waals surface area contributed by atoms with Gasteiger partial charge in [0.05, 0.1) is 11.0 Å². The molecule has 2 nitrogen and oxygen atoms in total. The average Bonchev–Trinajstić information content (AvgIpc) is 2.52. The highest BCUT2D eigenvalue weighted by atomic mass is 35.5. The van der Waals surface area contributed by atoms with Gasteiger partial charge >= 0.3 is 6.18 Å². The molecule has 0 saturated heterocycles. The molecule has 1 aromatic carbocycles. The van der Waals surface area contributed by atoms with Crippen molar-refractivity contribution in [3.63, 3.8) is 0 Å². The number of rotatable bonds is 4. The van der Waals surface area contributed by atoms with Crippen molar-refractivity contribution in [3.05, 3.63) is 35.4 Å². The molecule has 4 saturated carbocycles. The lowest BCUT2D eigenvalue weighted by atomic mass is 9.49. The van der Waals surface area contributed by atoms with Gasteiger partial charge in [0.25, 0.3) is 0 Å². The van der Waals surface area contributed by atoms with Crippen LogP contribution in [0.5, 0.6) is 0 Å². The summed E-state index contributed by atoms with van der Waals surface area (Å²) in [7, 11) is 0. The van der Waals surface area contributed by atoms with Gasteiger partial charge in [0.2, 0.25) is 5.91 Å². The summed E-state index contributed by atoms with van der Waals surface area (Å²) < 4.78 is 37.8. The summed E-state index contributed by atoms with van der Waals surface area (Å²) in [6.45, 7) is 0.441. The monoisotopic (exact) mass is 385 g/mol. The summed E-state index contributed by atoms with van der Waals surface area (Å²) in [5, 5.41) is 3.03. The summed E-state index contributed by atoms with van der Waals surface area (Å²) in [5.74, 6) is 1.22. The van der Waals surface area contributed by atoms with Gasteiger partial charge in [-0.3, -0.25) is 4.79 Å². The number of hydrogen-bond donors (Lipinski definition) is 1. The zero-order valence-electron chi connectivity index (χ0n) is 14.5. The Labute approximate surface area is 156 Å². The van der Waals surface area contributed by atoms with Crippen LogP contribution in [0.2, 0.25) is 0 Å². The van der Waals surface area contributed by atoms with Crippen LogP contribution < -0.4 is 5.32 Å². The van der Waals surface area contributed by atoms with Crippen LogP contribution in [0.25, 0.3) is 0 Å². The fourth-order valence-corrected chi connectivity index (χ4v) is 6.48. The van der Waals surface area contributed by atoms with E-state index in [1.54, 1.807) is 0 Å². The van der Waals surface area contributed by atoms with Crippen LogP contribution >= 0.6 is 11.6 Å². The Kier molecular flexibility index (Phi) is 4.29.